The van der Waals surface area contributed by atoms with Crippen LogP contribution in [0.1, 0.15) is 20.7 Å². The lowest BCUT2D eigenvalue weighted by molar-refractivity contribution is -0.137. The van der Waals surface area contributed by atoms with Crippen LogP contribution in [0.15, 0.2) is 59.9 Å². The summed E-state index contributed by atoms with van der Waals surface area (Å²) in [6, 6.07) is 11.2. The fraction of sp³-hybridized carbons (Fsp3) is 0.136. The van der Waals surface area contributed by atoms with Crippen LogP contribution in [0.5, 0.6) is 0 Å². The molecule has 0 saturated heterocycles. The highest BCUT2D eigenvalue weighted by Crippen LogP contribution is 2.42. The summed E-state index contributed by atoms with van der Waals surface area (Å²) in [5.41, 5.74) is -0.243. The Morgan fingerprint density at radius 3 is 1.94 bits per heavy atom. The van der Waals surface area contributed by atoms with E-state index in [9.17, 15) is 29.1 Å². The second-order valence-corrected chi connectivity index (χ2v) is 7.30. The lowest BCUT2D eigenvalue weighted by Gasteiger charge is -2.29. The molecule has 34 heavy (non-hydrogen) atoms. The zero-order valence-corrected chi connectivity index (χ0v) is 17.4. The van der Waals surface area contributed by atoms with Crippen LogP contribution in [0.2, 0.25) is 0 Å². The number of fused-ring (bicyclic) bond motifs is 2. The fourth-order valence-corrected chi connectivity index (χ4v) is 3.84. The summed E-state index contributed by atoms with van der Waals surface area (Å²) in [7, 11) is 0. The van der Waals surface area contributed by atoms with Gasteiger partial charge in [0, 0.05) is 11.1 Å². The van der Waals surface area contributed by atoms with Gasteiger partial charge in [-0.2, -0.15) is 0 Å². The maximum atomic E-state index is 13.4. The highest BCUT2D eigenvalue weighted by molar-refractivity contribution is 6.31. The standard InChI is InChI=1S/C22H18N4O8/c27-15(28)9-23-21(33)25-13-7-3-1-5-11(13)19(31)17(25)18-20(32)12-6-2-4-8-14(12)26(18)22(34)24-10-16(29)30/h1-8,21,23,33H,9-10H2,(H,24,34)(H,27,28)(H,29,30)/b18-17+. The van der Waals surface area contributed by atoms with Crippen LogP contribution in [0.4, 0.5) is 16.2 Å². The monoisotopic (exact) mass is 466 g/mol. The van der Waals surface area contributed by atoms with Crippen molar-refractivity contribution in [2.75, 3.05) is 22.9 Å². The molecule has 174 valence electrons. The zero-order chi connectivity index (χ0) is 24.6. The van der Waals surface area contributed by atoms with Gasteiger partial charge < -0.3 is 20.6 Å². The van der Waals surface area contributed by atoms with Gasteiger partial charge in [0.1, 0.15) is 17.9 Å². The summed E-state index contributed by atoms with van der Waals surface area (Å²) in [5, 5.41) is 33.2. The van der Waals surface area contributed by atoms with E-state index in [0.29, 0.717) is 0 Å². The first-order valence-corrected chi connectivity index (χ1v) is 9.96. The minimum atomic E-state index is -1.74. The molecule has 2 aliphatic rings. The Balaban J connectivity index is 1.90. The van der Waals surface area contributed by atoms with Crippen molar-refractivity contribution in [3.8, 4) is 0 Å². The van der Waals surface area contributed by atoms with Crippen molar-refractivity contribution in [2.24, 2.45) is 0 Å². The summed E-state index contributed by atoms with van der Waals surface area (Å²) in [6.07, 6.45) is -1.74. The number of urea groups is 1. The molecule has 12 nitrogen and oxygen atoms in total. The lowest BCUT2D eigenvalue weighted by atomic mass is 10.1. The molecule has 4 rings (SSSR count). The van der Waals surface area contributed by atoms with E-state index in [-0.39, 0.29) is 28.2 Å². The molecule has 0 spiro atoms. The summed E-state index contributed by atoms with van der Waals surface area (Å²) in [6.45, 7) is -1.40. The van der Waals surface area contributed by atoms with Crippen LogP contribution < -0.4 is 20.4 Å². The molecular weight excluding hydrogens is 448 g/mol. The lowest BCUT2D eigenvalue weighted by Crippen LogP contribution is -2.48. The number of carbonyl (C=O) groups excluding carboxylic acids is 3. The van der Waals surface area contributed by atoms with E-state index in [1.807, 2.05) is 0 Å². The van der Waals surface area contributed by atoms with Gasteiger partial charge in [-0.25, -0.2) is 4.79 Å². The number of nitrogens with zero attached hydrogens (tertiary/aromatic N) is 2. The van der Waals surface area contributed by atoms with Crippen molar-refractivity contribution >= 4 is 40.9 Å². The van der Waals surface area contributed by atoms with Crippen molar-refractivity contribution in [3.05, 3.63) is 71.1 Å². The van der Waals surface area contributed by atoms with E-state index in [1.165, 1.54) is 24.3 Å². The molecular formula is C22H18N4O8. The van der Waals surface area contributed by atoms with Gasteiger partial charge >= 0.3 is 18.0 Å². The number of aliphatic hydroxyl groups is 1. The number of aliphatic carboxylic acids is 2. The second-order valence-electron chi connectivity index (χ2n) is 7.30. The van der Waals surface area contributed by atoms with Gasteiger partial charge in [-0.05, 0) is 24.3 Å². The third-order valence-electron chi connectivity index (χ3n) is 5.19. The molecule has 0 aromatic heterocycles. The number of amides is 2. The Morgan fingerprint density at radius 2 is 1.32 bits per heavy atom. The fourth-order valence-electron chi connectivity index (χ4n) is 3.84. The molecule has 0 radical (unpaired) electrons. The predicted octanol–water partition coefficient (Wildman–Crippen LogP) is 0.348. The maximum Gasteiger partial charge on any atom is 0.327 e. The van der Waals surface area contributed by atoms with Crippen molar-refractivity contribution in [1.82, 2.24) is 10.6 Å². The summed E-state index contributed by atoms with van der Waals surface area (Å²) in [4.78, 5) is 63.7. The quantitative estimate of drug-likeness (QED) is 0.295. The number of carboxylic acid groups (broad SMARTS) is 2. The number of carbonyl (C=O) groups is 5. The van der Waals surface area contributed by atoms with Crippen LogP contribution in [-0.2, 0) is 9.59 Å². The number of ketones is 2. The topological polar surface area (TPSA) is 177 Å². The van der Waals surface area contributed by atoms with Gasteiger partial charge in [-0.3, -0.25) is 34.3 Å². The van der Waals surface area contributed by atoms with Gasteiger partial charge in [0.2, 0.25) is 11.6 Å². The third-order valence-corrected chi connectivity index (χ3v) is 5.19. The number of aliphatic hydroxyl groups excluding tert-OH is 1. The van der Waals surface area contributed by atoms with Crippen LogP contribution in [0.25, 0.3) is 0 Å². The van der Waals surface area contributed by atoms with E-state index in [2.05, 4.69) is 10.6 Å². The number of benzene rings is 2. The third kappa shape index (κ3) is 3.76. The predicted molar refractivity (Wildman–Crippen MR) is 116 cm³/mol. The highest BCUT2D eigenvalue weighted by Gasteiger charge is 2.46. The first kappa shape index (κ1) is 22.6. The first-order valence-electron chi connectivity index (χ1n) is 9.96. The van der Waals surface area contributed by atoms with Gasteiger partial charge in [0.25, 0.3) is 0 Å². The van der Waals surface area contributed by atoms with E-state index in [0.717, 1.165) is 9.80 Å². The van der Waals surface area contributed by atoms with Crippen LogP contribution in [0.3, 0.4) is 0 Å². The van der Waals surface area contributed by atoms with E-state index in [1.54, 1.807) is 24.3 Å². The average Bonchev–Trinajstić information content (AvgIpc) is 3.27. The first-order chi connectivity index (χ1) is 16.2. The van der Waals surface area contributed by atoms with Gasteiger partial charge in [0.15, 0.2) is 6.35 Å². The summed E-state index contributed by atoms with van der Waals surface area (Å²) >= 11 is 0. The number of rotatable bonds is 6. The average molecular weight is 466 g/mol. The number of hydrogen-bond donors (Lipinski definition) is 5. The van der Waals surface area contributed by atoms with E-state index >= 15 is 0 Å². The van der Waals surface area contributed by atoms with Gasteiger partial charge in [0.05, 0.1) is 17.9 Å². The van der Waals surface area contributed by atoms with Crippen molar-refractivity contribution in [2.45, 2.75) is 6.35 Å². The van der Waals surface area contributed by atoms with Crippen molar-refractivity contribution in [1.29, 1.82) is 0 Å². The molecule has 1 atom stereocenters. The number of allylic oxidation sites excluding steroid dienone is 2. The molecule has 2 amide bonds. The van der Waals surface area contributed by atoms with Gasteiger partial charge in [-0.1, -0.05) is 24.3 Å². The Kier molecular flexibility index (Phi) is 5.84. The SMILES string of the molecule is O=C(O)CNC(=O)N1/C(=C2\C(=O)c3ccccc3N2C(O)NCC(=O)O)C(=O)c2ccccc21. The summed E-state index contributed by atoms with van der Waals surface area (Å²) < 4.78 is 0. The Bertz CT molecular complexity index is 1270. The maximum absolute atomic E-state index is 13.4. The van der Waals surface area contributed by atoms with Crippen LogP contribution in [0, 0.1) is 0 Å². The molecule has 1 unspecified atom stereocenters. The molecule has 2 heterocycles. The molecule has 2 aliphatic heterocycles. The molecule has 12 heteroatoms. The van der Waals surface area contributed by atoms with Crippen molar-refractivity contribution in [3.63, 3.8) is 0 Å². The highest BCUT2D eigenvalue weighted by atomic mass is 16.4. The molecule has 2 aromatic carbocycles. The van der Waals surface area contributed by atoms with E-state index < -0.39 is 54.7 Å². The normalized spacial score (nSPS) is 17.4. The zero-order valence-electron chi connectivity index (χ0n) is 17.4. The Hall–Kier alpha value is -4.55. The molecule has 0 bridgehead atoms. The molecule has 5 N–H and O–H groups in total. The van der Waals surface area contributed by atoms with Crippen molar-refractivity contribution < 1.29 is 39.3 Å². The number of anilines is 2. The number of carboxylic acids is 2. The van der Waals surface area contributed by atoms with Gasteiger partial charge in [-0.15, -0.1) is 0 Å². The van der Waals surface area contributed by atoms with Crippen LogP contribution in [-0.4, -0.2) is 64.3 Å². The Morgan fingerprint density at radius 1 is 0.794 bits per heavy atom. The molecule has 0 aliphatic carbocycles. The number of nitrogens with one attached hydrogen (secondary N) is 2. The Labute approximate surface area is 191 Å². The largest absolute Gasteiger partial charge is 0.480 e. The smallest absolute Gasteiger partial charge is 0.327 e. The molecule has 0 fully saturated rings. The van der Waals surface area contributed by atoms with E-state index in [4.69, 9.17) is 10.2 Å². The minimum Gasteiger partial charge on any atom is -0.480 e. The molecule has 0 saturated carbocycles. The molecule has 2 aromatic rings. The minimum absolute atomic E-state index is 0.0900. The summed E-state index contributed by atoms with van der Waals surface area (Å²) in [5.74, 6) is -3.97. The number of hydrogen-bond acceptors (Lipinski definition) is 8. The second kappa shape index (κ2) is 8.77. The van der Waals surface area contributed by atoms with Crippen LogP contribution >= 0.6 is 0 Å². The number of para-hydroxylation sites is 2. The number of Topliss-reactive ketones (excluding diaryl/α,β-unsaturated/α-hetero) is 2.